The summed E-state index contributed by atoms with van der Waals surface area (Å²) >= 11 is 0. The Kier molecular flexibility index (Phi) is 5.15. The summed E-state index contributed by atoms with van der Waals surface area (Å²) in [5.41, 5.74) is 10.1. The SMILES string of the molecule is Cc1cc(C)cc(CCC(=O)NCC2CC(C)NN2)c1. The number of benzene rings is 1. The third kappa shape index (κ3) is 4.62. The molecule has 110 valence electrons. The minimum absolute atomic E-state index is 0.130. The van der Waals surface area contributed by atoms with E-state index in [4.69, 9.17) is 0 Å². The summed E-state index contributed by atoms with van der Waals surface area (Å²) < 4.78 is 0. The highest BCUT2D eigenvalue weighted by Gasteiger charge is 2.20. The standard InChI is InChI=1S/C16H25N3O/c1-11-6-12(2)8-14(7-11)4-5-16(20)17-10-15-9-13(3)18-19-15/h6-8,13,15,18-19H,4-5,9-10H2,1-3H3,(H,17,20). The van der Waals surface area contributed by atoms with E-state index in [1.54, 1.807) is 0 Å². The normalized spacial score (nSPS) is 21.9. The number of carbonyl (C=O) groups excluding carboxylic acids is 1. The lowest BCUT2D eigenvalue weighted by molar-refractivity contribution is -0.121. The molecule has 0 radical (unpaired) electrons. The molecule has 1 aliphatic rings. The van der Waals surface area contributed by atoms with Gasteiger partial charge in [-0.1, -0.05) is 29.3 Å². The number of carbonyl (C=O) groups is 1. The number of amides is 1. The van der Waals surface area contributed by atoms with Gasteiger partial charge in [-0.05, 0) is 39.2 Å². The molecule has 0 aromatic heterocycles. The van der Waals surface area contributed by atoms with Crippen LogP contribution in [0.25, 0.3) is 0 Å². The maximum absolute atomic E-state index is 11.9. The molecule has 1 fully saturated rings. The van der Waals surface area contributed by atoms with Crippen LogP contribution in [0, 0.1) is 13.8 Å². The second-order valence-corrected chi connectivity index (χ2v) is 5.92. The first-order valence-electron chi connectivity index (χ1n) is 7.38. The summed E-state index contributed by atoms with van der Waals surface area (Å²) in [7, 11) is 0. The molecule has 1 aromatic carbocycles. The van der Waals surface area contributed by atoms with Crippen LogP contribution in [0.1, 0.15) is 36.5 Å². The average molecular weight is 275 g/mol. The minimum atomic E-state index is 0.130. The minimum Gasteiger partial charge on any atom is -0.354 e. The topological polar surface area (TPSA) is 53.2 Å². The molecule has 0 aliphatic carbocycles. The lowest BCUT2D eigenvalue weighted by Gasteiger charge is -2.11. The van der Waals surface area contributed by atoms with Crippen molar-refractivity contribution in [1.29, 1.82) is 0 Å². The van der Waals surface area contributed by atoms with E-state index in [-0.39, 0.29) is 5.91 Å². The van der Waals surface area contributed by atoms with Gasteiger partial charge >= 0.3 is 0 Å². The van der Waals surface area contributed by atoms with Gasteiger partial charge in [0.2, 0.25) is 5.91 Å². The number of rotatable bonds is 5. The molecule has 20 heavy (non-hydrogen) atoms. The van der Waals surface area contributed by atoms with Crippen molar-refractivity contribution >= 4 is 5.91 Å². The fraction of sp³-hybridized carbons (Fsp3) is 0.562. The average Bonchev–Trinajstić information content (AvgIpc) is 2.79. The smallest absolute Gasteiger partial charge is 0.220 e. The zero-order valence-electron chi connectivity index (χ0n) is 12.6. The Labute approximate surface area is 121 Å². The molecule has 0 spiro atoms. The lowest BCUT2D eigenvalue weighted by Crippen LogP contribution is -2.40. The van der Waals surface area contributed by atoms with Crippen LogP contribution in [-0.4, -0.2) is 24.5 Å². The molecular weight excluding hydrogens is 250 g/mol. The first kappa shape index (κ1) is 15.0. The van der Waals surface area contributed by atoms with Gasteiger partial charge in [0.15, 0.2) is 0 Å². The highest BCUT2D eigenvalue weighted by atomic mass is 16.1. The third-order valence-corrected chi connectivity index (χ3v) is 3.64. The van der Waals surface area contributed by atoms with Gasteiger partial charge in [0.25, 0.3) is 0 Å². The van der Waals surface area contributed by atoms with Gasteiger partial charge in [0.05, 0.1) is 0 Å². The van der Waals surface area contributed by atoms with Crippen LogP contribution in [0.4, 0.5) is 0 Å². The predicted molar refractivity (Wildman–Crippen MR) is 81.4 cm³/mol. The largest absolute Gasteiger partial charge is 0.354 e. The van der Waals surface area contributed by atoms with Gasteiger partial charge in [-0.25, -0.2) is 0 Å². The molecule has 1 amide bonds. The first-order chi connectivity index (χ1) is 9.52. The molecule has 1 aromatic rings. The molecule has 0 saturated carbocycles. The third-order valence-electron chi connectivity index (χ3n) is 3.64. The summed E-state index contributed by atoms with van der Waals surface area (Å²) in [6.07, 6.45) is 2.41. The Hall–Kier alpha value is -1.39. The van der Waals surface area contributed by atoms with Crippen LogP contribution >= 0.6 is 0 Å². The van der Waals surface area contributed by atoms with Crippen LogP contribution in [0.2, 0.25) is 0 Å². The Bertz CT molecular complexity index is 453. The molecule has 1 aliphatic heterocycles. The van der Waals surface area contributed by atoms with Gasteiger partial charge in [-0.2, -0.15) is 0 Å². The van der Waals surface area contributed by atoms with Crippen LogP contribution < -0.4 is 16.2 Å². The summed E-state index contributed by atoms with van der Waals surface area (Å²) in [5.74, 6) is 0.130. The van der Waals surface area contributed by atoms with Gasteiger partial charge in [-0.3, -0.25) is 15.6 Å². The van der Waals surface area contributed by atoms with Crippen molar-refractivity contribution < 1.29 is 4.79 Å². The van der Waals surface area contributed by atoms with Gasteiger partial charge in [0.1, 0.15) is 0 Å². The van der Waals surface area contributed by atoms with Gasteiger partial charge < -0.3 is 5.32 Å². The summed E-state index contributed by atoms with van der Waals surface area (Å²) in [4.78, 5) is 11.9. The molecule has 4 heteroatoms. The van der Waals surface area contributed by atoms with E-state index in [2.05, 4.69) is 55.1 Å². The van der Waals surface area contributed by atoms with Crippen molar-refractivity contribution in [2.75, 3.05) is 6.54 Å². The van der Waals surface area contributed by atoms with Crippen molar-refractivity contribution in [3.8, 4) is 0 Å². The molecule has 2 unspecified atom stereocenters. The molecule has 1 saturated heterocycles. The number of hydrazine groups is 1. The van der Waals surface area contributed by atoms with Crippen molar-refractivity contribution in [1.82, 2.24) is 16.2 Å². The molecule has 0 bridgehead atoms. The van der Waals surface area contributed by atoms with Crippen molar-refractivity contribution in [3.05, 3.63) is 34.9 Å². The predicted octanol–water partition coefficient (Wildman–Crippen LogP) is 1.61. The quantitative estimate of drug-likeness (QED) is 0.765. The molecule has 4 nitrogen and oxygen atoms in total. The lowest BCUT2D eigenvalue weighted by atomic mass is 10.0. The number of nitrogens with one attached hydrogen (secondary N) is 3. The fourth-order valence-electron chi connectivity index (χ4n) is 2.74. The Morgan fingerprint density at radius 1 is 1.25 bits per heavy atom. The monoisotopic (exact) mass is 275 g/mol. The first-order valence-corrected chi connectivity index (χ1v) is 7.38. The van der Waals surface area contributed by atoms with E-state index >= 15 is 0 Å². The zero-order valence-corrected chi connectivity index (χ0v) is 12.6. The van der Waals surface area contributed by atoms with Crippen LogP contribution in [0.15, 0.2) is 18.2 Å². The van der Waals surface area contributed by atoms with E-state index in [0.717, 1.165) is 12.8 Å². The second-order valence-electron chi connectivity index (χ2n) is 5.92. The molecule has 3 N–H and O–H groups in total. The molecule has 2 atom stereocenters. The molecule has 2 rings (SSSR count). The molecular formula is C16H25N3O. The van der Waals surface area contributed by atoms with Crippen molar-refractivity contribution in [2.45, 2.75) is 52.1 Å². The van der Waals surface area contributed by atoms with E-state index < -0.39 is 0 Å². The van der Waals surface area contributed by atoms with Gasteiger partial charge in [0, 0.05) is 25.0 Å². The Morgan fingerprint density at radius 2 is 1.95 bits per heavy atom. The summed E-state index contributed by atoms with van der Waals surface area (Å²) in [6, 6.07) is 7.29. The van der Waals surface area contributed by atoms with E-state index in [9.17, 15) is 4.79 Å². The summed E-state index contributed by atoms with van der Waals surface area (Å²) in [5, 5.41) is 3.00. The zero-order chi connectivity index (χ0) is 14.5. The van der Waals surface area contributed by atoms with Crippen LogP contribution in [0.5, 0.6) is 0 Å². The second kappa shape index (κ2) is 6.86. The van der Waals surface area contributed by atoms with Gasteiger partial charge in [-0.15, -0.1) is 0 Å². The molecule has 1 heterocycles. The van der Waals surface area contributed by atoms with E-state index in [0.29, 0.717) is 25.0 Å². The summed E-state index contributed by atoms with van der Waals surface area (Å²) in [6.45, 7) is 7.02. The van der Waals surface area contributed by atoms with Crippen LogP contribution in [0.3, 0.4) is 0 Å². The fourth-order valence-corrected chi connectivity index (χ4v) is 2.74. The highest BCUT2D eigenvalue weighted by molar-refractivity contribution is 5.76. The van der Waals surface area contributed by atoms with E-state index in [1.165, 1.54) is 16.7 Å². The maximum atomic E-state index is 11.9. The van der Waals surface area contributed by atoms with Crippen LogP contribution in [-0.2, 0) is 11.2 Å². The van der Waals surface area contributed by atoms with Crippen molar-refractivity contribution in [3.63, 3.8) is 0 Å². The van der Waals surface area contributed by atoms with Crippen molar-refractivity contribution in [2.24, 2.45) is 0 Å². The number of hydrogen-bond donors (Lipinski definition) is 3. The van der Waals surface area contributed by atoms with E-state index in [1.807, 2.05) is 0 Å². The maximum Gasteiger partial charge on any atom is 0.220 e. The number of hydrogen-bond acceptors (Lipinski definition) is 3. The Balaban J connectivity index is 1.72. The highest BCUT2D eigenvalue weighted by Crippen LogP contribution is 2.10. The number of aryl methyl sites for hydroxylation is 3. The Morgan fingerprint density at radius 3 is 2.55 bits per heavy atom.